The normalized spacial score (nSPS) is 20.7. The minimum absolute atomic E-state index is 0.00676. The largest absolute Gasteiger partial charge is 0.341 e. The van der Waals surface area contributed by atoms with E-state index in [0.717, 1.165) is 17.6 Å². The number of aromatic nitrogens is 1. The number of carbonyl (C=O) groups excluding carboxylic acids is 1. The van der Waals surface area contributed by atoms with Crippen molar-refractivity contribution in [2.24, 2.45) is 0 Å². The standard InChI is InChI=1S/C11H17N3O5S3/c1-14(9-3-4-22(18,19)7-9)10(15)5-8-6-20-11(12-8)13-21(2,16)17/h6,9H,3-5,7H2,1-2H3,(H,12,13). The van der Waals surface area contributed by atoms with Crippen LogP contribution >= 0.6 is 11.3 Å². The summed E-state index contributed by atoms with van der Waals surface area (Å²) in [5.41, 5.74) is 0.453. The van der Waals surface area contributed by atoms with Crippen molar-refractivity contribution in [1.82, 2.24) is 9.88 Å². The minimum Gasteiger partial charge on any atom is -0.341 e. The van der Waals surface area contributed by atoms with Gasteiger partial charge < -0.3 is 4.90 Å². The fourth-order valence-electron chi connectivity index (χ4n) is 2.16. The average molecular weight is 367 g/mol. The van der Waals surface area contributed by atoms with Crippen LogP contribution in [0.5, 0.6) is 0 Å². The molecule has 2 rings (SSSR count). The van der Waals surface area contributed by atoms with Gasteiger partial charge in [-0.3, -0.25) is 9.52 Å². The zero-order valence-corrected chi connectivity index (χ0v) is 14.6. The first-order valence-corrected chi connectivity index (χ1v) is 11.0. The molecule has 1 N–H and O–H groups in total. The summed E-state index contributed by atoms with van der Waals surface area (Å²) < 4.78 is 47.3. The maximum Gasteiger partial charge on any atom is 0.231 e. The van der Waals surface area contributed by atoms with Crippen molar-refractivity contribution in [3.63, 3.8) is 0 Å². The smallest absolute Gasteiger partial charge is 0.231 e. The first-order chi connectivity index (χ1) is 10.1. The van der Waals surface area contributed by atoms with Crippen LogP contribution in [0.3, 0.4) is 0 Å². The van der Waals surface area contributed by atoms with E-state index in [4.69, 9.17) is 0 Å². The van der Waals surface area contributed by atoms with E-state index >= 15 is 0 Å². The summed E-state index contributed by atoms with van der Waals surface area (Å²) in [7, 11) is -4.87. The van der Waals surface area contributed by atoms with E-state index in [1.807, 2.05) is 0 Å². The molecule has 1 aromatic heterocycles. The van der Waals surface area contributed by atoms with E-state index in [0.29, 0.717) is 12.1 Å². The second kappa shape index (κ2) is 6.13. The number of hydrogen-bond acceptors (Lipinski definition) is 7. The fraction of sp³-hybridized carbons (Fsp3) is 0.636. The highest BCUT2D eigenvalue weighted by Crippen LogP contribution is 2.20. The van der Waals surface area contributed by atoms with Crippen molar-refractivity contribution in [3.05, 3.63) is 11.1 Å². The highest BCUT2D eigenvalue weighted by Gasteiger charge is 2.32. The zero-order valence-electron chi connectivity index (χ0n) is 12.1. The molecule has 1 aliphatic heterocycles. The lowest BCUT2D eigenvalue weighted by molar-refractivity contribution is -0.130. The number of nitrogens with zero attached hydrogens (tertiary/aromatic N) is 2. The Morgan fingerprint density at radius 1 is 1.55 bits per heavy atom. The van der Waals surface area contributed by atoms with Gasteiger partial charge in [-0.1, -0.05) is 0 Å². The third-order valence-electron chi connectivity index (χ3n) is 3.31. The maximum absolute atomic E-state index is 12.2. The van der Waals surface area contributed by atoms with Gasteiger partial charge >= 0.3 is 0 Å². The third kappa shape index (κ3) is 4.65. The molecule has 1 aliphatic rings. The lowest BCUT2D eigenvalue weighted by Crippen LogP contribution is -2.38. The monoisotopic (exact) mass is 367 g/mol. The van der Waals surface area contributed by atoms with E-state index < -0.39 is 19.9 Å². The van der Waals surface area contributed by atoms with Crippen LogP contribution in [0.2, 0.25) is 0 Å². The van der Waals surface area contributed by atoms with E-state index in [1.165, 1.54) is 4.90 Å². The lowest BCUT2D eigenvalue weighted by Gasteiger charge is -2.23. The summed E-state index contributed by atoms with van der Waals surface area (Å²) in [6.45, 7) is 0. The van der Waals surface area contributed by atoms with Gasteiger partial charge in [-0.2, -0.15) is 0 Å². The Kier molecular flexibility index (Phi) is 4.78. The molecular weight excluding hydrogens is 350 g/mol. The highest BCUT2D eigenvalue weighted by atomic mass is 32.2. The molecule has 1 fully saturated rings. The van der Waals surface area contributed by atoms with E-state index in [1.54, 1.807) is 12.4 Å². The molecule has 0 bridgehead atoms. The molecule has 0 aromatic carbocycles. The molecule has 1 amide bonds. The van der Waals surface area contributed by atoms with Gasteiger partial charge in [0, 0.05) is 18.5 Å². The van der Waals surface area contributed by atoms with Crippen LogP contribution < -0.4 is 4.72 Å². The second-order valence-electron chi connectivity index (χ2n) is 5.26. The van der Waals surface area contributed by atoms with Crippen molar-refractivity contribution in [2.45, 2.75) is 18.9 Å². The molecule has 0 radical (unpaired) electrons. The summed E-state index contributed by atoms with van der Waals surface area (Å²) in [6, 6.07) is -0.301. The molecule has 0 saturated carbocycles. The number of likely N-dealkylation sites (N-methyl/N-ethyl adjacent to an activating group) is 1. The SMILES string of the molecule is CN(C(=O)Cc1csc(NS(C)(=O)=O)n1)C1CCS(=O)(=O)C1. The summed E-state index contributed by atoms with van der Waals surface area (Å²) in [5.74, 6) is -0.139. The average Bonchev–Trinajstić information content (AvgIpc) is 2.93. The molecule has 1 aromatic rings. The Labute approximate surface area is 133 Å². The first kappa shape index (κ1) is 17.2. The Morgan fingerprint density at radius 2 is 2.23 bits per heavy atom. The van der Waals surface area contributed by atoms with E-state index in [-0.39, 0.29) is 35.0 Å². The molecule has 8 nitrogen and oxygen atoms in total. The minimum atomic E-state index is -3.40. The second-order valence-corrected chi connectivity index (χ2v) is 10.1. The van der Waals surface area contributed by atoms with Crippen LogP contribution in [0.25, 0.3) is 0 Å². The number of thiazole rings is 1. The molecule has 0 spiro atoms. The van der Waals surface area contributed by atoms with Gasteiger partial charge in [0.05, 0.1) is 29.9 Å². The molecule has 1 saturated heterocycles. The number of nitrogens with one attached hydrogen (secondary N) is 1. The molecule has 0 aliphatic carbocycles. The summed E-state index contributed by atoms with van der Waals surface area (Å²) >= 11 is 1.09. The first-order valence-electron chi connectivity index (χ1n) is 6.44. The number of amides is 1. The lowest BCUT2D eigenvalue weighted by atomic mass is 10.2. The van der Waals surface area contributed by atoms with Crippen molar-refractivity contribution >= 4 is 42.2 Å². The highest BCUT2D eigenvalue weighted by molar-refractivity contribution is 7.92. The van der Waals surface area contributed by atoms with Gasteiger partial charge in [0.15, 0.2) is 15.0 Å². The summed E-state index contributed by atoms with van der Waals surface area (Å²) in [4.78, 5) is 17.6. The van der Waals surface area contributed by atoms with Gasteiger partial charge in [0.1, 0.15) is 0 Å². The third-order valence-corrected chi connectivity index (χ3v) is 6.56. The van der Waals surface area contributed by atoms with Crippen molar-refractivity contribution in [1.29, 1.82) is 0 Å². The molecule has 22 heavy (non-hydrogen) atoms. The van der Waals surface area contributed by atoms with Crippen molar-refractivity contribution < 1.29 is 21.6 Å². The Morgan fingerprint density at radius 3 is 2.77 bits per heavy atom. The Hall–Kier alpha value is -1.20. The van der Waals surface area contributed by atoms with Crippen molar-refractivity contribution in [2.75, 3.05) is 29.5 Å². The molecular formula is C11H17N3O5S3. The van der Waals surface area contributed by atoms with Crippen LogP contribution in [0, 0.1) is 0 Å². The van der Waals surface area contributed by atoms with Crippen LogP contribution in [0.4, 0.5) is 5.13 Å². The molecule has 1 unspecified atom stereocenters. The molecule has 11 heteroatoms. The number of anilines is 1. The fourth-order valence-corrected chi connectivity index (χ4v) is 5.50. The quantitative estimate of drug-likeness (QED) is 0.764. The molecule has 2 heterocycles. The van der Waals surface area contributed by atoms with Gasteiger partial charge in [-0.25, -0.2) is 21.8 Å². The van der Waals surface area contributed by atoms with Gasteiger partial charge in [0.2, 0.25) is 15.9 Å². The number of sulfonamides is 1. The molecule has 1 atom stereocenters. The number of hydrogen-bond donors (Lipinski definition) is 1. The van der Waals surface area contributed by atoms with Crippen LogP contribution in [0.15, 0.2) is 5.38 Å². The summed E-state index contributed by atoms with van der Waals surface area (Å²) in [5, 5.41) is 1.81. The van der Waals surface area contributed by atoms with Crippen molar-refractivity contribution in [3.8, 4) is 0 Å². The predicted octanol–water partition coefficient (Wildman–Crippen LogP) is -0.297. The van der Waals surface area contributed by atoms with Gasteiger partial charge in [0.25, 0.3) is 0 Å². The predicted molar refractivity (Wildman–Crippen MR) is 84.1 cm³/mol. The zero-order chi connectivity index (χ0) is 16.5. The van der Waals surface area contributed by atoms with Gasteiger partial charge in [-0.05, 0) is 6.42 Å². The van der Waals surface area contributed by atoms with Gasteiger partial charge in [-0.15, -0.1) is 11.3 Å². The maximum atomic E-state index is 12.2. The van der Waals surface area contributed by atoms with Crippen LogP contribution in [-0.2, 0) is 31.1 Å². The number of rotatable bonds is 5. The van der Waals surface area contributed by atoms with Crippen LogP contribution in [-0.4, -0.2) is 63.5 Å². The number of sulfone groups is 1. The summed E-state index contributed by atoms with van der Waals surface area (Å²) in [6.07, 6.45) is 1.48. The number of carbonyl (C=O) groups is 1. The topological polar surface area (TPSA) is 114 Å². The van der Waals surface area contributed by atoms with Crippen LogP contribution in [0.1, 0.15) is 12.1 Å². The van der Waals surface area contributed by atoms with E-state index in [2.05, 4.69) is 9.71 Å². The Balaban J connectivity index is 1.97. The van der Waals surface area contributed by atoms with E-state index in [9.17, 15) is 21.6 Å². The Bertz CT molecular complexity index is 769. The molecule has 124 valence electrons.